The molecular weight excluding hydrogens is 412 g/mol. The molecule has 0 unspecified atom stereocenters. The molecular formula is C21H16ClF2N5O. The zero-order valence-corrected chi connectivity index (χ0v) is 16.6. The first kappa shape index (κ1) is 18.7. The van der Waals surface area contributed by atoms with E-state index < -0.39 is 17.9 Å². The molecule has 3 heterocycles. The number of rotatable bonds is 4. The van der Waals surface area contributed by atoms with Crippen LogP contribution in [0.15, 0.2) is 37.2 Å². The molecule has 1 aliphatic rings. The predicted molar refractivity (Wildman–Crippen MR) is 112 cm³/mol. The fraction of sp³-hybridized carbons (Fsp3) is 0.190. The lowest BCUT2D eigenvalue weighted by Crippen LogP contribution is -2.15. The molecule has 0 spiro atoms. The van der Waals surface area contributed by atoms with Crippen LogP contribution in [0.3, 0.4) is 0 Å². The highest BCUT2D eigenvalue weighted by molar-refractivity contribution is 6.35. The van der Waals surface area contributed by atoms with Crippen molar-refractivity contribution in [3.05, 3.63) is 53.6 Å². The van der Waals surface area contributed by atoms with E-state index in [1.54, 1.807) is 42.0 Å². The van der Waals surface area contributed by atoms with Crippen LogP contribution in [-0.4, -0.2) is 31.9 Å². The lowest BCUT2D eigenvalue weighted by Gasteiger charge is -2.12. The van der Waals surface area contributed by atoms with Crippen molar-refractivity contribution >= 4 is 45.3 Å². The summed E-state index contributed by atoms with van der Waals surface area (Å²) in [4.78, 5) is 12.0. The van der Waals surface area contributed by atoms with Gasteiger partial charge < -0.3 is 5.32 Å². The summed E-state index contributed by atoms with van der Waals surface area (Å²) in [5, 5.41) is 14.4. The molecule has 9 heteroatoms. The maximum Gasteiger partial charge on any atom is 0.231 e. The summed E-state index contributed by atoms with van der Waals surface area (Å²) in [6, 6.07) is 5.19. The van der Waals surface area contributed by atoms with E-state index in [4.69, 9.17) is 11.6 Å². The van der Waals surface area contributed by atoms with Crippen molar-refractivity contribution < 1.29 is 13.6 Å². The summed E-state index contributed by atoms with van der Waals surface area (Å²) in [6.45, 7) is 5.54. The van der Waals surface area contributed by atoms with Crippen molar-refractivity contribution in [2.75, 3.05) is 5.32 Å². The monoisotopic (exact) mass is 427 g/mol. The number of carbonyl (C=O) groups is 1. The molecule has 30 heavy (non-hydrogen) atoms. The van der Waals surface area contributed by atoms with Gasteiger partial charge in [-0.1, -0.05) is 18.2 Å². The third-order valence-electron chi connectivity index (χ3n) is 5.27. The fourth-order valence-electron chi connectivity index (χ4n) is 3.66. The van der Waals surface area contributed by atoms with Gasteiger partial charge in [0, 0.05) is 28.8 Å². The molecule has 1 aliphatic carbocycles. The Morgan fingerprint density at radius 1 is 1.43 bits per heavy atom. The second-order valence-corrected chi connectivity index (χ2v) is 7.86. The number of hydrogen-bond donors (Lipinski definition) is 2. The summed E-state index contributed by atoms with van der Waals surface area (Å²) in [5.74, 6) is -1.23. The van der Waals surface area contributed by atoms with E-state index >= 15 is 4.39 Å². The van der Waals surface area contributed by atoms with Crippen molar-refractivity contribution in [3.8, 4) is 11.1 Å². The molecule has 5 rings (SSSR count). The molecule has 1 saturated carbocycles. The van der Waals surface area contributed by atoms with Gasteiger partial charge in [-0.2, -0.15) is 10.2 Å². The number of nitrogens with zero attached hydrogens (tertiary/aromatic N) is 3. The van der Waals surface area contributed by atoms with Crippen molar-refractivity contribution in [1.29, 1.82) is 0 Å². The maximum atomic E-state index is 15.0. The number of benzene rings is 1. The van der Waals surface area contributed by atoms with Crippen LogP contribution >= 0.6 is 11.6 Å². The second-order valence-electron chi connectivity index (χ2n) is 7.48. The quantitative estimate of drug-likeness (QED) is 0.481. The van der Waals surface area contributed by atoms with Gasteiger partial charge in [-0.15, -0.1) is 0 Å². The Labute approximate surface area is 174 Å². The summed E-state index contributed by atoms with van der Waals surface area (Å²) >= 11 is 6.42. The number of hydrogen-bond acceptors (Lipinski definition) is 3. The molecule has 3 aromatic heterocycles. The average Bonchev–Trinajstić information content (AvgIpc) is 3.08. The zero-order chi connectivity index (χ0) is 21.2. The van der Waals surface area contributed by atoms with Crippen LogP contribution in [0.25, 0.3) is 33.1 Å². The minimum absolute atomic E-state index is 0.0259. The second kappa shape index (κ2) is 6.63. The smallest absolute Gasteiger partial charge is 0.231 e. The molecule has 1 fully saturated rings. The molecule has 2 atom stereocenters. The minimum atomic E-state index is -1.08. The molecule has 0 bridgehead atoms. The van der Waals surface area contributed by atoms with E-state index in [0.717, 1.165) is 0 Å². The van der Waals surface area contributed by atoms with E-state index in [-0.39, 0.29) is 17.4 Å². The number of allylic oxidation sites excluding steroid dienone is 1. The maximum absolute atomic E-state index is 15.0. The Balaban J connectivity index is 1.60. The summed E-state index contributed by atoms with van der Waals surface area (Å²) in [6.07, 6.45) is 2.44. The largest absolute Gasteiger partial charge is 0.309 e. The van der Waals surface area contributed by atoms with E-state index in [2.05, 4.69) is 27.2 Å². The average molecular weight is 428 g/mol. The molecule has 0 saturated heterocycles. The number of aromatic nitrogens is 4. The molecule has 4 aromatic rings. The van der Waals surface area contributed by atoms with Gasteiger partial charge in [-0.3, -0.25) is 9.89 Å². The first-order chi connectivity index (χ1) is 14.3. The highest BCUT2D eigenvalue weighted by Crippen LogP contribution is 2.41. The van der Waals surface area contributed by atoms with Gasteiger partial charge in [-0.25, -0.2) is 13.3 Å². The number of alkyl halides is 1. The first-order valence-electron chi connectivity index (χ1n) is 9.29. The number of H-pyrrole nitrogens is 1. The van der Waals surface area contributed by atoms with Crippen LogP contribution in [0, 0.1) is 11.7 Å². The number of amides is 1. The number of pyridine rings is 1. The minimum Gasteiger partial charge on any atom is -0.309 e. The van der Waals surface area contributed by atoms with E-state index in [1.807, 2.05) is 0 Å². The van der Waals surface area contributed by atoms with Crippen molar-refractivity contribution in [2.45, 2.75) is 19.5 Å². The SMILES string of the molecule is C=C(C)c1c(F)c(Cl)c(-c2ccn3nc(NC(=O)[C@@H]4C[C@@H]4F)cc3c2)c2cn[nH]c12. The number of halogens is 3. The first-order valence-corrected chi connectivity index (χ1v) is 9.67. The number of nitrogens with one attached hydrogen (secondary N) is 2. The highest BCUT2D eigenvalue weighted by atomic mass is 35.5. The molecule has 6 nitrogen and oxygen atoms in total. The van der Waals surface area contributed by atoms with Crippen LogP contribution < -0.4 is 5.32 Å². The van der Waals surface area contributed by atoms with Crippen molar-refractivity contribution in [1.82, 2.24) is 19.8 Å². The van der Waals surface area contributed by atoms with E-state index in [9.17, 15) is 9.18 Å². The van der Waals surface area contributed by atoms with E-state index in [0.29, 0.717) is 44.5 Å². The Morgan fingerprint density at radius 2 is 2.20 bits per heavy atom. The third kappa shape index (κ3) is 2.87. The lowest BCUT2D eigenvalue weighted by atomic mass is 9.96. The predicted octanol–water partition coefficient (Wildman–Crippen LogP) is 5.00. The molecule has 1 aromatic carbocycles. The van der Waals surface area contributed by atoms with E-state index in [1.165, 1.54) is 0 Å². The van der Waals surface area contributed by atoms with Crippen LogP contribution in [-0.2, 0) is 4.79 Å². The number of carbonyl (C=O) groups excluding carboxylic acids is 1. The van der Waals surface area contributed by atoms with Crippen molar-refractivity contribution in [3.63, 3.8) is 0 Å². The lowest BCUT2D eigenvalue weighted by molar-refractivity contribution is -0.117. The van der Waals surface area contributed by atoms with Crippen LogP contribution in [0.2, 0.25) is 5.02 Å². The Kier molecular flexibility index (Phi) is 4.14. The Hall–Kier alpha value is -3.26. The van der Waals surface area contributed by atoms with Crippen molar-refractivity contribution in [2.24, 2.45) is 5.92 Å². The molecule has 2 N–H and O–H groups in total. The van der Waals surface area contributed by atoms with Gasteiger partial charge in [0.15, 0.2) is 11.6 Å². The summed E-state index contributed by atoms with van der Waals surface area (Å²) < 4.78 is 29.7. The molecule has 1 amide bonds. The standard InChI is InChI=1S/C21H16ClF2N5O/c1-9(2)16-19(24)18(22)17(13-8-25-27-20(13)16)10-3-4-29-11(5-10)6-15(28-29)26-21(30)12-7-14(12)23/h3-6,8,12,14H,1,7H2,2H3,(H,25,27)(H,26,28,30)/t12-,14+/m1/s1. The molecule has 0 aliphatic heterocycles. The fourth-order valence-corrected chi connectivity index (χ4v) is 3.97. The van der Waals surface area contributed by atoms with Gasteiger partial charge in [0.05, 0.1) is 28.2 Å². The van der Waals surface area contributed by atoms with Crippen LogP contribution in [0.5, 0.6) is 0 Å². The number of anilines is 1. The van der Waals surface area contributed by atoms with Gasteiger partial charge >= 0.3 is 0 Å². The molecule has 152 valence electrons. The number of fused-ring (bicyclic) bond motifs is 2. The van der Waals surface area contributed by atoms with Gasteiger partial charge in [0.1, 0.15) is 6.17 Å². The summed E-state index contributed by atoms with van der Waals surface area (Å²) in [5.41, 5.74) is 3.18. The number of aromatic amines is 1. The van der Waals surface area contributed by atoms with Gasteiger partial charge in [-0.05, 0) is 36.6 Å². The Bertz CT molecular complexity index is 1360. The molecule has 0 radical (unpaired) electrons. The van der Waals surface area contributed by atoms with Crippen LogP contribution in [0.1, 0.15) is 18.9 Å². The van der Waals surface area contributed by atoms with Crippen LogP contribution in [0.4, 0.5) is 14.6 Å². The summed E-state index contributed by atoms with van der Waals surface area (Å²) in [7, 11) is 0. The third-order valence-corrected chi connectivity index (χ3v) is 5.62. The highest BCUT2D eigenvalue weighted by Gasteiger charge is 2.43. The Morgan fingerprint density at radius 3 is 2.90 bits per heavy atom. The zero-order valence-electron chi connectivity index (χ0n) is 15.8. The van der Waals surface area contributed by atoms with Gasteiger partial charge in [0.2, 0.25) is 5.91 Å². The van der Waals surface area contributed by atoms with Gasteiger partial charge in [0.25, 0.3) is 0 Å². The normalized spacial score (nSPS) is 18.1. The topological polar surface area (TPSA) is 75.1 Å².